The summed E-state index contributed by atoms with van der Waals surface area (Å²) in [7, 11) is 1.49. The molecule has 0 radical (unpaired) electrons. The summed E-state index contributed by atoms with van der Waals surface area (Å²) in [5.74, 6) is 0. The van der Waals surface area contributed by atoms with Crippen molar-refractivity contribution in [3.8, 4) is 0 Å². The van der Waals surface area contributed by atoms with Crippen molar-refractivity contribution >= 4 is 7.82 Å². The summed E-state index contributed by atoms with van der Waals surface area (Å²) in [5.41, 5.74) is 0. The lowest BCUT2D eigenvalue weighted by Gasteiger charge is -2.29. The Labute approximate surface area is 223 Å². The summed E-state index contributed by atoms with van der Waals surface area (Å²) >= 11 is 0. The highest BCUT2D eigenvalue weighted by atomic mass is 31.2. The fraction of sp³-hybridized carbons (Fsp3) is 0.929. The van der Waals surface area contributed by atoms with E-state index in [0.717, 1.165) is 32.1 Å². The standard InChI is InChI=1S/C28H59N2O5P/c1-6-8-10-11-12-13-14-15-16-17-18-19-20-22-28(31)27(29-23-21-9-7-2)26-35-36(32,33)34-25-24-30(3,4)5/h20,22,27-29,31H,6-19,21,23-26H2,1-5H3. The van der Waals surface area contributed by atoms with E-state index in [9.17, 15) is 14.6 Å². The molecule has 0 aliphatic heterocycles. The minimum Gasteiger partial charge on any atom is -0.756 e. The maximum Gasteiger partial charge on any atom is 0.268 e. The van der Waals surface area contributed by atoms with Gasteiger partial charge in [-0.25, -0.2) is 0 Å². The molecule has 0 aromatic heterocycles. The monoisotopic (exact) mass is 534 g/mol. The van der Waals surface area contributed by atoms with Crippen molar-refractivity contribution in [1.82, 2.24) is 5.32 Å². The van der Waals surface area contributed by atoms with Gasteiger partial charge >= 0.3 is 0 Å². The second kappa shape index (κ2) is 22.7. The zero-order chi connectivity index (χ0) is 27.1. The SMILES string of the molecule is CCCCCCCCCCCCCC=CC(O)C(COP(=O)([O-])OCC[N+](C)(C)C)NCCCCC. The Morgan fingerprint density at radius 2 is 1.39 bits per heavy atom. The van der Waals surface area contributed by atoms with Crippen molar-refractivity contribution in [2.75, 3.05) is 47.4 Å². The van der Waals surface area contributed by atoms with Gasteiger partial charge in [-0.1, -0.05) is 103 Å². The van der Waals surface area contributed by atoms with E-state index in [1.54, 1.807) is 6.08 Å². The molecule has 3 atom stereocenters. The van der Waals surface area contributed by atoms with Crippen LogP contribution in [0, 0.1) is 0 Å². The summed E-state index contributed by atoms with van der Waals surface area (Å²) in [6.45, 7) is 5.57. The first-order valence-corrected chi connectivity index (χ1v) is 16.1. The van der Waals surface area contributed by atoms with Crippen molar-refractivity contribution in [3.05, 3.63) is 12.2 Å². The van der Waals surface area contributed by atoms with Crippen LogP contribution in [0.15, 0.2) is 12.2 Å². The van der Waals surface area contributed by atoms with Crippen molar-refractivity contribution in [2.45, 2.75) is 122 Å². The van der Waals surface area contributed by atoms with E-state index in [0.29, 0.717) is 17.6 Å². The highest BCUT2D eigenvalue weighted by molar-refractivity contribution is 7.45. The Morgan fingerprint density at radius 1 is 0.861 bits per heavy atom. The lowest BCUT2D eigenvalue weighted by molar-refractivity contribution is -0.870. The molecular weight excluding hydrogens is 475 g/mol. The molecule has 36 heavy (non-hydrogen) atoms. The van der Waals surface area contributed by atoms with E-state index in [-0.39, 0.29) is 13.2 Å². The smallest absolute Gasteiger partial charge is 0.268 e. The second-order valence-corrected chi connectivity index (χ2v) is 12.5. The number of likely N-dealkylation sites (N-methyl/N-ethyl adjacent to an activating group) is 1. The zero-order valence-corrected chi connectivity index (χ0v) is 25.1. The number of unbranched alkanes of at least 4 members (excludes halogenated alkanes) is 13. The number of nitrogens with one attached hydrogen (secondary N) is 1. The Hall–Kier alpha value is -0.270. The number of rotatable bonds is 26. The number of hydrogen-bond donors (Lipinski definition) is 2. The van der Waals surface area contributed by atoms with Gasteiger partial charge in [0.25, 0.3) is 7.82 Å². The molecule has 8 heteroatoms. The van der Waals surface area contributed by atoms with Gasteiger partial charge in [0.1, 0.15) is 13.2 Å². The van der Waals surface area contributed by atoms with E-state index in [1.807, 2.05) is 27.2 Å². The van der Waals surface area contributed by atoms with Gasteiger partial charge in [0, 0.05) is 0 Å². The molecule has 0 amide bonds. The molecule has 0 saturated carbocycles. The molecule has 3 unspecified atom stereocenters. The van der Waals surface area contributed by atoms with Crippen LogP contribution in [-0.2, 0) is 13.6 Å². The quantitative estimate of drug-likeness (QED) is 0.0616. The largest absolute Gasteiger partial charge is 0.756 e. The van der Waals surface area contributed by atoms with Crippen molar-refractivity contribution in [3.63, 3.8) is 0 Å². The Balaban J connectivity index is 4.28. The summed E-state index contributed by atoms with van der Waals surface area (Å²) in [6.07, 6.45) is 21.5. The molecule has 0 heterocycles. The highest BCUT2D eigenvalue weighted by Crippen LogP contribution is 2.38. The third-order valence-corrected chi connectivity index (χ3v) is 7.29. The fourth-order valence-electron chi connectivity index (χ4n) is 3.87. The first-order chi connectivity index (χ1) is 17.1. The molecule has 2 N–H and O–H groups in total. The van der Waals surface area contributed by atoms with E-state index in [4.69, 9.17) is 9.05 Å². The predicted octanol–water partition coefficient (Wildman–Crippen LogP) is 5.96. The molecule has 0 bridgehead atoms. The molecule has 0 saturated heterocycles. The molecule has 0 aliphatic rings. The lowest BCUT2D eigenvalue weighted by Crippen LogP contribution is -2.43. The summed E-state index contributed by atoms with van der Waals surface area (Å²) in [6, 6.07) is -0.500. The summed E-state index contributed by atoms with van der Waals surface area (Å²) < 4.78 is 22.9. The highest BCUT2D eigenvalue weighted by Gasteiger charge is 2.20. The Kier molecular flexibility index (Phi) is 22.5. The average molecular weight is 535 g/mol. The van der Waals surface area contributed by atoms with Gasteiger partial charge in [0.2, 0.25) is 0 Å². The number of aliphatic hydroxyl groups excluding tert-OH is 1. The van der Waals surface area contributed by atoms with Crippen molar-refractivity contribution < 1.29 is 28.1 Å². The van der Waals surface area contributed by atoms with Gasteiger partial charge < -0.3 is 28.8 Å². The third kappa shape index (κ3) is 24.1. The Morgan fingerprint density at radius 3 is 1.94 bits per heavy atom. The van der Waals surface area contributed by atoms with Crippen LogP contribution in [0.5, 0.6) is 0 Å². The predicted molar refractivity (Wildman–Crippen MR) is 150 cm³/mol. The van der Waals surface area contributed by atoms with E-state index >= 15 is 0 Å². The summed E-state index contributed by atoms with van der Waals surface area (Å²) in [4.78, 5) is 12.2. The number of phosphoric acid groups is 1. The average Bonchev–Trinajstić information content (AvgIpc) is 2.80. The van der Waals surface area contributed by atoms with Gasteiger partial charge in [-0.05, 0) is 25.8 Å². The lowest BCUT2D eigenvalue weighted by atomic mass is 10.0. The number of hydrogen-bond acceptors (Lipinski definition) is 6. The van der Waals surface area contributed by atoms with Gasteiger partial charge in [-0.15, -0.1) is 0 Å². The molecule has 0 spiro atoms. The number of phosphoric ester groups is 1. The van der Waals surface area contributed by atoms with Crippen LogP contribution in [0.3, 0.4) is 0 Å². The number of allylic oxidation sites excluding steroid dienone is 1. The van der Waals surface area contributed by atoms with Crippen molar-refractivity contribution in [2.24, 2.45) is 0 Å². The van der Waals surface area contributed by atoms with Crippen molar-refractivity contribution in [1.29, 1.82) is 0 Å². The maximum atomic E-state index is 12.2. The number of nitrogens with zero attached hydrogens (tertiary/aromatic N) is 1. The van der Waals surface area contributed by atoms with Crippen LogP contribution < -0.4 is 10.2 Å². The molecule has 0 aromatic rings. The van der Waals surface area contributed by atoms with Gasteiger partial charge in [0.05, 0.1) is 39.9 Å². The minimum absolute atomic E-state index is 0.0697. The van der Waals surface area contributed by atoms with E-state index < -0.39 is 20.0 Å². The molecule has 0 fully saturated rings. The Bertz CT molecular complexity index is 569. The molecular formula is C28H59N2O5P. The molecule has 0 aromatic carbocycles. The van der Waals surface area contributed by atoms with Crippen LogP contribution in [0.1, 0.15) is 110 Å². The number of quaternary nitrogens is 1. The number of aliphatic hydroxyl groups is 1. The van der Waals surface area contributed by atoms with Gasteiger partial charge in [-0.2, -0.15) is 0 Å². The van der Waals surface area contributed by atoms with Gasteiger partial charge in [0.15, 0.2) is 0 Å². The minimum atomic E-state index is -4.41. The van der Waals surface area contributed by atoms with E-state index in [1.165, 1.54) is 64.2 Å². The van der Waals surface area contributed by atoms with Crippen LogP contribution in [0.4, 0.5) is 0 Å². The molecule has 0 rings (SSSR count). The molecule has 0 aliphatic carbocycles. The third-order valence-electron chi connectivity index (χ3n) is 6.33. The zero-order valence-electron chi connectivity index (χ0n) is 24.2. The second-order valence-electron chi connectivity index (χ2n) is 11.1. The first kappa shape index (κ1) is 35.7. The van der Waals surface area contributed by atoms with Crippen LogP contribution in [0.25, 0.3) is 0 Å². The molecule has 216 valence electrons. The first-order valence-electron chi connectivity index (χ1n) is 14.6. The van der Waals surface area contributed by atoms with E-state index in [2.05, 4.69) is 19.2 Å². The fourth-order valence-corrected chi connectivity index (χ4v) is 4.60. The van der Waals surface area contributed by atoms with Crippen LogP contribution in [0.2, 0.25) is 0 Å². The van der Waals surface area contributed by atoms with Gasteiger partial charge in [-0.3, -0.25) is 4.57 Å². The maximum absolute atomic E-state index is 12.2. The molecule has 7 nitrogen and oxygen atoms in total. The topological polar surface area (TPSA) is 90.9 Å². The van der Waals surface area contributed by atoms with Crippen LogP contribution in [-0.4, -0.2) is 69.2 Å². The van der Waals surface area contributed by atoms with Crippen LogP contribution >= 0.6 is 7.82 Å². The normalized spacial score (nSPS) is 15.9. The summed E-state index contributed by atoms with van der Waals surface area (Å²) in [5, 5.41) is 13.9.